The molecule has 6 aromatic rings. The normalized spacial score (nSPS) is 13.2. The molecule has 1 unspecified atom stereocenters. The number of methoxy groups -OCH3 is 6. The quantitative estimate of drug-likeness (QED) is 0.0540. The first-order valence-corrected chi connectivity index (χ1v) is 26.6. The van der Waals surface area contributed by atoms with Crippen LogP contribution in [0.5, 0.6) is 23.0 Å². The van der Waals surface area contributed by atoms with Crippen LogP contribution in [0.1, 0.15) is 41.5 Å². The second-order valence-corrected chi connectivity index (χ2v) is 21.3. The van der Waals surface area contributed by atoms with Gasteiger partial charge in [0.15, 0.2) is 17.2 Å². The zero-order valence-corrected chi connectivity index (χ0v) is 44.9. The Kier molecular flexibility index (Phi) is 20.7. The number of carbonyl (C=O) groups is 2. The molecular formula is C48H54Br2F2N6O12S2. The number of benzene rings is 4. The Morgan fingerprint density at radius 1 is 0.653 bits per heavy atom. The third kappa shape index (κ3) is 14.6. The van der Waals surface area contributed by atoms with Gasteiger partial charge in [-0.05, 0) is 90.0 Å². The number of aromatic nitrogens is 4. The van der Waals surface area contributed by atoms with E-state index in [-0.39, 0.29) is 37.0 Å². The van der Waals surface area contributed by atoms with E-state index in [9.17, 15) is 35.2 Å². The molecular weight excluding hydrogens is 1110 g/mol. The number of ether oxygens (including phenoxy) is 6. The Morgan fingerprint density at radius 3 is 1.35 bits per heavy atom. The van der Waals surface area contributed by atoms with Gasteiger partial charge in [0.05, 0.1) is 55.1 Å². The van der Waals surface area contributed by atoms with Gasteiger partial charge in [-0.3, -0.25) is 14.6 Å². The second-order valence-electron chi connectivity index (χ2n) is 15.7. The fraction of sp³-hybridized carbons (Fsp3) is 0.333. The molecule has 4 aromatic carbocycles. The number of aromatic amines is 1. The molecule has 0 spiro atoms. The van der Waals surface area contributed by atoms with Crippen molar-refractivity contribution in [2.45, 2.75) is 65.9 Å². The van der Waals surface area contributed by atoms with Crippen LogP contribution in [0.2, 0.25) is 0 Å². The minimum absolute atomic E-state index is 0.0349. The van der Waals surface area contributed by atoms with Crippen molar-refractivity contribution in [2.24, 2.45) is 0 Å². The molecule has 18 nitrogen and oxygen atoms in total. The molecule has 1 N–H and O–H groups in total. The number of nitrogens with one attached hydrogen (secondary N) is 1. The summed E-state index contributed by atoms with van der Waals surface area (Å²) in [6.07, 6.45) is 3.32. The number of hydrogen-bond donors (Lipinski definition) is 1. The van der Waals surface area contributed by atoms with Gasteiger partial charge in [0.1, 0.15) is 27.8 Å². The average Bonchev–Trinajstić information content (AvgIpc) is 3.92. The van der Waals surface area contributed by atoms with Crippen LogP contribution in [0, 0.1) is 11.6 Å². The van der Waals surface area contributed by atoms with E-state index in [2.05, 4.69) is 51.9 Å². The SMILES string of the molecule is COC(=O)C(Br)CCBr.COC(=O)C1(n2cc(F)c(S(=O)(=O)N(Cc3ccc(OC)cc3)Cc3ccc(OC)cc3)n2)CC1.COc1ccc(CN(Cc2ccc(OC)cc2)S(=O)(=O)c2[nH]ncc2F)cc1. The number of hydrogen-bond acceptors (Lipinski definition) is 14. The molecule has 1 atom stereocenters. The van der Waals surface area contributed by atoms with Crippen LogP contribution in [0.25, 0.3) is 0 Å². The molecule has 1 aliphatic carbocycles. The van der Waals surface area contributed by atoms with Crippen molar-refractivity contribution in [3.8, 4) is 23.0 Å². The van der Waals surface area contributed by atoms with E-state index >= 15 is 0 Å². The Balaban J connectivity index is 0.000000233. The van der Waals surface area contributed by atoms with Crippen molar-refractivity contribution >= 4 is 63.8 Å². The van der Waals surface area contributed by atoms with Crippen LogP contribution in [-0.4, -0.2) is 110 Å². The fourth-order valence-electron chi connectivity index (χ4n) is 6.79. The highest BCUT2D eigenvalue weighted by Gasteiger charge is 2.55. The summed E-state index contributed by atoms with van der Waals surface area (Å²) in [7, 11) is 0.256. The molecule has 2 heterocycles. The van der Waals surface area contributed by atoms with Crippen molar-refractivity contribution in [2.75, 3.05) is 48.0 Å². The lowest BCUT2D eigenvalue weighted by molar-refractivity contribution is -0.146. The first-order valence-electron chi connectivity index (χ1n) is 21.7. The molecule has 7 rings (SSSR count). The topological polar surface area (TPSA) is 211 Å². The van der Waals surface area contributed by atoms with E-state index in [0.29, 0.717) is 47.0 Å². The Labute approximate surface area is 433 Å². The van der Waals surface area contributed by atoms with Gasteiger partial charge in [0.25, 0.3) is 20.0 Å². The molecule has 0 radical (unpaired) electrons. The van der Waals surface area contributed by atoms with Crippen LogP contribution in [0.15, 0.2) is 120 Å². The van der Waals surface area contributed by atoms with Crippen LogP contribution in [0.4, 0.5) is 8.78 Å². The summed E-state index contributed by atoms with van der Waals surface area (Å²) >= 11 is 6.37. The van der Waals surface area contributed by atoms with Gasteiger partial charge in [0.2, 0.25) is 10.1 Å². The lowest BCUT2D eigenvalue weighted by atomic mass is 10.2. The monoisotopic (exact) mass is 1170 g/mol. The average molecular weight is 1170 g/mol. The predicted molar refractivity (Wildman–Crippen MR) is 268 cm³/mol. The summed E-state index contributed by atoms with van der Waals surface area (Å²) in [5, 5.41) is 9.25. The lowest BCUT2D eigenvalue weighted by Gasteiger charge is -2.22. The van der Waals surface area contributed by atoms with E-state index in [1.807, 2.05) is 0 Å². The van der Waals surface area contributed by atoms with Crippen molar-refractivity contribution in [1.82, 2.24) is 28.6 Å². The number of nitrogens with zero attached hydrogens (tertiary/aromatic N) is 5. The Bertz CT molecular complexity index is 2830. The van der Waals surface area contributed by atoms with Crippen LogP contribution < -0.4 is 18.9 Å². The molecule has 0 aliphatic heterocycles. The Morgan fingerprint density at radius 2 is 1.04 bits per heavy atom. The minimum Gasteiger partial charge on any atom is -0.497 e. The summed E-state index contributed by atoms with van der Waals surface area (Å²) in [6, 6.07) is 27.8. The molecule has 1 saturated carbocycles. The first-order chi connectivity index (χ1) is 34.4. The number of H-pyrrole nitrogens is 1. The van der Waals surface area contributed by atoms with E-state index in [1.165, 1.54) is 32.7 Å². The van der Waals surface area contributed by atoms with Gasteiger partial charge in [-0.2, -0.15) is 18.8 Å². The predicted octanol–water partition coefficient (Wildman–Crippen LogP) is 7.76. The van der Waals surface area contributed by atoms with E-state index in [0.717, 1.165) is 44.3 Å². The third-order valence-corrected chi connectivity index (χ3v) is 15.7. The molecule has 0 bridgehead atoms. The summed E-state index contributed by atoms with van der Waals surface area (Å²) in [5.74, 6) is -0.182. The van der Waals surface area contributed by atoms with Gasteiger partial charge in [-0.1, -0.05) is 80.4 Å². The maximum absolute atomic E-state index is 15.0. The molecule has 24 heteroatoms. The molecule has 1 aliphatic rings. The molecule has 1 fully saturated rings. The van der Waals surface area contributed by atoms with Crippen molar-refractivity contribution < 1.29 is 63.6 Å². The Hall–Kier alpha value is -5.92. The van der Waals surface area contributed by atoms with E-state index < -0.39 is 53.2 Å². The summed E-state index contributed by atoms with van der Waals surface area (Å²) < 4.78 is 116. The summed E-state index contributed by atoms with van der Waals surface area (Å²) in [5.41, 5.74) is 1.66. The van der Waals surface area contributed by atoms with Crippen LogP contribution in [0.3, 0.4) is 0 Å². The highest BCUT2D eigenvalue weighted by molar-refractivity contribution is 9.10. The highest BCUT2D eigenvalue weighted by Crippen LogP contribution is 2.45. The zero-order chi connectivity index (χ0) is 52.6. The number of alkyl halides is 2. The van der Waals surface area contributed by atoms with Crippen LogP contribution in [-0.2, 0) is 70.8 Å². The number of carbonyl (C=O) groups excluding carboxylic acids is 2. The minimum atomic E-state index is -4.39. The van der Waals surface area contributed by atoms with Crippen molar-refractivity contribution in [3.63, 3.8) is 0 Å². The maximum atomic E-state index is 15.0. The van der Waals surface area contributed by atoms with Gasteiger partial charge >= 0.3 is 11.9 Å². The number of sulfonamides is 2. The van der Waals surface area contributed by atoms with Crippen LogP contribution >= 0.6 is 31.9 Å². The molecule has 388 valence electrons. The van der Waals surface area contributed by atoms with E-state index in [1.54, 1.807) is 111 Å². The van der Waals surface area contributed by atoms with E-state index in [4.69, 9.17) is 23.7 Å². The second kappa shape index (κ2) is 26.2. The van der Waals surface area contributed by atoms with Gasteiger partial charge in [-0.15, -0.1) is 0 Å². The van der Waals surface area contributed by atoms with Crippen molar-refractivity contribution in [3.05, 3.63) is 143 Å². The van der Waals surface area contributed by atoms with Gasteiger partial charge < -0.3 is 28.4 Å². The molecule has 0 saturated heterocycles. The number of rotatable bonds is 21. The molecule has 72 heavy (non-hydrogen) atoms. The first kappa shape index (κ1) is 57.0. The van der Waals surface area contributed by atoms with Gasteiger partial charge in [0, 0.05) is 31.5 Å². The largest absolute Gasteiger partial charge is 0.497 e. The van der Waals surface area contributed by atoms with Gasteiger partial charge in [-0.25, -0.2) is 30.4 Å². The smallest absolute Gasteiger partial charge is 0.333 e. The number of esters is 2. The lowest BCUT2D eigenvalue weighted by Crippen LogP contribution is -2.32. The third-order valence-electron chi connectivity index (χ3n) is 11.0. The summed E-state index contributed by atoms with van der Waals surface area (Å²) in [4.78, 5) is 22.6. The number of halogens is 4. The van der Waals surface area contributed by atoms with Crippen molar-refractivity contribution in [1.29, 1.82) is 0 Å². The molecule has 2 aromatic heterocycles. The molecule has 0 amide bonds. The summed E-state index contributed by atoms with van der Waals surface area (Å²) in [6.45, 7) is 0.0350. The standard InChI is InChI=1S/C24H26FN3O6S.C19H20FN3O4S.C5H8Br2O2/c1-32-19-8-4-17(5-9-19)14-27(15-18-6-10-20(33-2)11-7-18)35(30,31)22-21(25)16-28(26-22)24(12-13-24)23(29)34-3;1-26-16-7-3-14(4-8-16)12-23(13-15-5-9-17(27-2)10-6-15)28(24,25)19-18(20)11-21-22-19;1-9-5(8)4(7)2-3-6/h4-11,16H,12-15H2,1-3H3;3-11H,12-13H2,1-2H3,(H,21,22);4H,2-3H2,1H3. The fourth-order valence-corrected chi connectivity index (χ4v) is 11.0. The zero-order valence-electron chi connectivity index (χ0n) is 40.1. The maximum Gasteiger partial charge on any atom is 0.333 e. The highest BCUT2D eigenvalue weighted by atomic mass is 79.9.